The van der Waals surface area contributed by atoms with Gasteiger partial charge in [0, 0.05) is 18.8 Å². The Morgan fingerprint density at radius 1 is 1.39 bits per heavy atom. The fourth-order valence-electron chi connectivity index (χ4n) is 2.17. The molecular formula is C14H19ClN2S. The van der Waals surface area contributed by atoms with Crippen molar-refractivity contribution in [1.29, 1.82) is 0 Å². The third kappa shape index (κ3) is 3.01. The third-order valence-electron chi connectivity index (χ3n) is 3.03. The van der Waals surface area contributed by atoms with Crippen molar-refractivity contribution in [2.24, 2.45) is 0 Å². The first kappa shape index (κ1) is 13.8. The maximum atomic E-state index is 5.87. The number of thioether (sulfide) groups is 1. The van der Waals surface area contributed by atoms with Gasteiger partial charge in [-0.3, -0.25) is 0 Å². The van der Waals surface area contributed by atoms with Crippen LogP contribution in [0, 0.1) is 6.92 Å². The summed E-state index contributed by atoms with van der Waals surface area (Å²) < 4.78 is 2.33. The molecule has 0 atom stereocenters. The predicted molar refractivity (Wildman–Crippen MR) is 81.9 cm³/mol. The fraction of sp³-hybridized carbons (Fsp3) is 0.500. The van der Waals surface area contributed by atoms with Gasteiger partial charge < -0.3 is 4.57 Å². The molecular weight excluding hydrogens is 264 g/mol. The molecule has 1 aromatic carbocycles. The highest BCUT2D eigenvalue weighted by Gasteiger charge is 2.09. The monoisotopic (exact) mass is 282 g/mol. The Kier molecular flexibility index (Phi) is 4.95. The molecule has 18 heavy (non-hydrogen) atoms. The van der Waals surface area contributed by atoms with Crippen LogP contribution in [0.2, 0.25) is 0 Å². The van der Waals surface area contributed by atoms with Gasteiger partial charge in [-0.2, -0.15) is 11.8 Å². The lowest BCUT2D eigenvalue weighted by Gasteiger charge is -2.08. The van der Waals surface area contributed by atoms with Crippen LogP contribution < -0.4 is 0 Å². The maximum Gasteiger partial charge on any atom is 0.111 e. The summed E-state index contributed by atoms with van der Waals surface area (Å²) in [7, 11) is 0. The second kappa shape index (κ2) is 6.48. The second-order valence-electron chi connectivity index (χ2n) is 4.46. The predicted octanol–water partition coefficient (Wildman–Crippen LogP) is 3.88. The van der Waals surface area contributed by atoms with Gasteiger partial charge in [0.25, 0.3) is 0 Å². The molecule has 1 heterocycles. The molecule has 0 amide bonds. The molecule has 0 fully saturated rings. The van der Waals surface area contributed by atoms with Crippen LogP contribution in [0.3, 0.4) is 0 Å². The smallest absolute Gasteiger partial charge is 0.111 e. The number of nitrogens with zero attached hydrogens (tertiary/aromatic N) is 2. The number of aryl methyl sites for hydroxylation is 3. The Morgan fingerprint density at radius 3 is 2.94 bits per heavy atom. The summed E-state index contributed by atoms with van der Waals surface area (Å²) in [5.41, 5.74) is 3.62. The first-order valence-electron chi connectivity index (χ1n) is 6.27. The molecule has 1 aromatic heterocycles. The average molecular weight is 283 g/mol. The van der Waals surface area contributed by atoms with Crippen molar-refractivity contribution in [3.8, 4) is 0 Å². The second-order valence-corrected chi connectivity index (χ2v) is 5.82. The van der Waals surface area contributed by atoms with E-state index in [1.54, 1.807) is 0 Å². The topological polar surface area (TPSA) is 17.8 Å². The molecule has 0 aliphatic rings. The molecule has 0 unspecified atom stereocenters. The molecule has 2 aromatic rings. The molecule has 2 rings (SSSR count). The summed E-state index contributed by atoms with van der Waals surface area (Å²) in [6.45, 7) is 3.16. The van der Waals surface area contributed by atoms with Crippen molar-refractivity contribution in [2.45, 2.75) is 26.3 Å². The highest BCUT2D eigenvalue weighted by molar-refractivity contribution is 7.98. The molecule has 0 saturated heterocycles. The van der Waals surface area contributed by atoms with Crippen molar-refractivity contribution in [3.05, 3.63) is 29.6 Å². The molecule has 98 valence electrons. The van der Waals surface area contributed by atoms with Crippen LogP contribution in [-0.4, -0.2) is 27.4 Å². The number of aromatic nitrogens is 2. The summed E-state index contributed by atoms with van der Waals surface area (Å²) >= 11 is 7.76. The van der Waals surface area contributed by atoms with E-state index in [4.69, 9.17) is 16.6 Å². The van der Waals surface area contributed by atoms with Gasteiger partial charge in [0.15, 0.2) is 0 Å². The van der Waals surface area contributed by atoms with Gasteiger partial charge in [0.1, 0.15) is 5.82 Å². The van der Waals surface area contributed by atoms with Crippen LogP contribution in [-0.2, 0) is 13.0 Å². The lowest BCUT2D eigenvalue weighted by molar-refractivity contribution is 0.665. The van der Waals surface area contributed by atoms with E-state index >= 15 is 0 Å². The standard InChI is InChI=1S/C14H19ClN2S/c1-11-4-5-12-13(10-11)17(8-3-9-18-2)14(16-12)6-7-15/h4-5,10H,3,6-9H2,1-2H3. The highest BCUT2D eigenvalue weighted by atomic mass is 35.5. The lowest BCUT2D eigenvalue weighted by Crippen LogP contribution is -2.05. The molecule has 0 bridgehead atoms. The molecule has 0 spiro atoms. The van der Waals surface area contributed by atoms with Crippen LogP contribution in [0.25, 0.3) is 11.0 Å². The fourth-order valence-corrected chi connectivity index (χ4v) is 2.76. The third-order valence-corrected chi connectivity index (χ3v) is 3.92. The number of rotatable bonds is 6. The molecule has 0 aliphatic heterocycles. The first-order valence-corrected chi connectivity index (χ1v) is 8.19. The number of alkyl halides is 1. The zero-order valence-electron chi connectivity index (χ0n) is 10.9. The van der Waals surface area contributed by atoms with Crippen LogP contribution >= 0.6 is 23.4 Å². The number of hydrogen-bond donors (Lipinski definition) is 0. The minimum absolute atomic E-state index is 0.630. The minimum Gasteiger partial charge on any atom is -0.328 e. The van der Waals surface area contributed by atoms with E-state index < -0.39 is 0 Å². The van der Waals surface area contributed by atoms with Gasteiger partial charge in [0.05, 0.1) is 11.0 Å². The Balaban J connectivity index is 2.36. The zero-order chi connectivity index (χ0) is 13.0. The molecule has 0 aliphatic carbocycles. The molecule has 0 saturated carbocycles. The van der Waals surface area contributed by atoms with Gasteiger partial charge in [-0.25, -0.2) is 4.98 Å². The number of hydrogen-bond acceptors (Lipinski definition) is 2. The quantitative estimate of drug-likeness (QED) is 0.591. The SMILES string of the molecule is CSCCCn1c(CCCl)nc2ccc(C)cc21. The summed E-state index contributed by atoms with van der Waals surface area (Å²) in [4.78, 5) is 4.69. The van der Waals surface area contributed by atoms with E-state index in [0.29, 0.717) is 5.88 Å². The van der Waals surface area contributed by atoms with Crippen molar-refractivity contribution in [1.82, 2.24) is 9.55 Å². The normalized spacial score (nSPS) is 11.3. The number of fused-ring (bicyclic) bond motifs is 1. The van der Waals surface area contributed by atoms with E-state index in [-0.39, 0.29) is 0 Å². The average Bonchev–Trinajstić information content (AvgIpc) is 2.68. The number of benzene rings is 1. The van der Waals surface area contributed by atoms with E-state index in [1.165, 1.54) is 23.3 Å². The zero-order valence-corrected chi connectivity index (χ0v) is 12.5. The van der Waals surface area contributed by atoms with Crippen LogP contribution in [0.5, 0.6) is 0 Å². The molecule has 0 radical (unpaired) electrons. The van der Waals surface area contributed by atoms with Crippen molar-refractivity contribution < 1.29 is 0 Å². The maximum absolute atomic E-state index is 5.87. The van der Waals surface area contributed by atoms with Crippen LogP contribution in [0.4, 0.5) is 0 Å². The van der Waals surface area contributed by atoms with Crippen molar-refractivity contribution >= 4 is 34.4 Å². The first-order chi connectivity index (χ1) is 8.76. The molecule has 2 nitrogen and oxygen atoms in total. The highest BCUT2D eigenvalue weighted by Crippen LogP contribution is 2.19. The summed E-state index contributed by atoms with van der Waals surface area (Å²) in [5.74, 6) is 2.93. The van der Waals surface area contributed by atoms with Crippen LogP contribution in [0.1, 0.15) is 17.8 Å². The number of halogens is 1. The summed E-state index contributed by atoms with van der Waals surface area (Å²) in [5, 5.41) is 0. The van der Waals surface area contributed by atoms with Gasteiger partial charge in [-0.05, 0) is 43.0 Å². The van der Waals surface area contributed by atoms with Gasteiger partial charge in [-0.15, -0.1) is 11.6 Å². The Morgan fingerprint density at radius 2 is 2.22 bits per heavy atom. The van der Waals surface area contributed by atoms with Gasteiger partial charge >= 0.3 is 0 Å². The van der Waals surface area contributed by atoms with Gasteiger partial charge in [-0.1, -0.05) is 6.07 Å². The Hall–Kier alpha value is -0.670. The summed E-state index contributed by atoms with van der Waals surface area (Å²) in [6, 6.07) is 6.44. The minimum atomic E-state index is 0.630. The van der Waals surface area contributed by atoms with E-state index in [2.05, 4.69) is 35.9 Å². The van der Waals surface area contributed by atoms with E-state index in [0.717, 1.165) is 24.3 Å². The lowest BCUT2D eigenvalue weighted by atomic mass is 10.2. The molecule has 0 N–H and O–H groups in total. The number of imidazole rings is 1. The van der Waals surface area contributed by atoms with Crippen molar-refractivity contribution in [3.63, 3.8) is 0 Å². The van der Waals surface area contributed by atoms with E-state index in [1.807, 2.05) is 11.8 Å². The van der Waals surface area contributed by atoms with Gasteiger partial charge in [0.2, 0.25) is 0 Å². The Labute approximate surface area is 118 Å². The largest absolute Gasteiger partial charge is 0.328 e. The van der Waals surface area contributed by atoms with Crippen LogP contribution in [0.15, 0.2) is 18.2 Å². The summed E-state index contributed by atoms with van der Waals surface area (Å²) in [6.07, 6.45) is 4.17. The Bertz CT molecular complexity index is 522. The van der Waals surface area contributed by atoms with E-state index in [9.17, 15) is 0 Å². The van der Waals surface area contributed by atoms with Crippen molar-refractivity contribution in [2.75, 3.05) is 17.9 Å². The molecule has 4 heteroatoms.